The Bertz CT molecular complexity index is 1450. The minimum atomic E-state index is -3.98. The highest BCUT2D eigenvalue weighted by Crippen LogP contribution is 2.38. The molecule has 4 rings (SSSR count). The van der Waals surface area contributed by atoms with Gasteiger partial charge in [-0.05, 0) is 64.9 Å². The number of carbonyl (C=O) groups is 2. The number of carboxylic acid groups (broad SMARTS) is 1. The first kappa shape index (κ1) is 29.0. The van der Waals surface area contributed by atoms with Crippen molar-refractivity contribution in [3.05, 3.63) is 38.7 Å². The highest BCUT2D eigenvalue weighted by molar-refractivity contribution is 7.89. The number of nitrogens with zero attached hydrogens (tertiary/aromatic N) is 3. The van der Waals surface area contributed by atoms with E-state index in [1.807, 2.05) is 20.8 Å². The van der Waals surface area contributed by atoms with Crippen LogP contribution < -0.4 is 10.6 Å². The van der Waals surface area contributed by atoms with Crippen LogP contribution in [-0.2, 0) is 14.8 Å². The van der Waals surface area contributed by atoms with Crippen LogP contribution in [0.3, 0.4) is 0 Å². The lowest BCUT2D eigenvalue weighted by molar-refractivity contribution is -0.124. The van der Waals surface area contributed by atoms with Crippen molar-refractivity contribution in [2.45, 2.75) is 70.7 Å². The zero-order chi connectivity index (χ0) is 28.5. The second-order valence-corrected chi connectivity index (χ2v) is 14.3. The summed E-state index contributed by atoms with van der Waals surface area (Å²) in [6, 6.07) is 1.10. The number of hydrogen-bond donors (Lipinski definition) is 2. The molecule has 0 aromatic carbocycles. The number of H-pyrrole nitrogens is 1. The van der Waals surface area contributed by atoms with Gasteiger partial charge < -0.3 is 15.0 Å². The van der Waals surface area contributed by atoms with Crippen molar-refractivity contribution in [2.24, 2.45) is 17.3 Å². The summed E-state index contributed by atoms with van der Waals surface area (Å²) in [6.45, 7) is 8.16. The van der Waals surface area contributed by atoms with E-state index in [1.165, 1.54) is 9.21 Å². The SMILES string of the molecule is CC1CCC(C(=O)N(c2cc(C#CC(C)(C)C)sc2C(=O)O)[C@H]2CCN(S(=O)(=O)c3cnc(=O)[nH]c3)C2)CC1. The summed E-state index contributed by atoms with van der Waals surface area (Å²) in [5.41, 5.74) is -0.682. The molecule has 12 heteroatoms. The quantitative estimate of drug-likeness (QED) is 0.503. The van der Waals surface area contributed by atoms with Crippen LogP contribution >= 0.6 is 11.3 Å². The summed E-state index contributed by atoms with van der Waals surface area (Å²) in [4.78, 5) is 45.4. The van der Waals surface area contributed by atoms with Crippen molar-refractivity contribution in [3.8, 4) is 11.8 Å². The summed E-state index contributed by atoms with van der Waals surface area (Å²) in [5, 5.41) is 10.1. The number of sulfonamides is 1. The molecule has 2 aromatic rings. The van der Waals surface area contributed by atoms with Gasteiger partial charge in [0.25, 0.3) is 0 Å². The molecule has 1 aliphatic carbocycles. The molecule has 2 aromatic heterocycles. The van der Waals surface area contributed by atoms with E-state index < -0.39 is 27.7 Å². The van der Waals surface area contributed by atoms with Crippen LogP contribution in [0.5, 0.6) is 0 Å². The molecule has 3 heterocycles. The molecule has 2 aliphatic rings. The molecular formula is C27H34N4O6S2. The average molecular weight is 575 g/mol. The van der Waals surface area contributed by atoms with Gasteiger partial charge in [-0.15, -0.1) is 11.3 Å². The molecule has 10 nitrogen and oxygen atoms in total. The minimum Gasteiger partial charge on any atom is -0.477 e. The fourth-order valence-electron chi connectivity index (χ4n) is 4.98. The van der Waals surface area contributed by atoms with Crippen LogP contribution in [0.15, 0.2) is 28.2 Å². The van der Waals surface area contributed by atoms with Crippen molar-refractivity contribution in [1.29, 1.82) is 0 Å². The van der Waals surface area contributed by atoms with Crippen LogP contribution in [0.1, 0.15) is 74.3 Å². The Morgan fingerprint density at radius 1 is 1.21 bits per heavy atom. The lowest BCUT2D eigenvalue weighted by atomic mass is 9.82. The van der Waals surface area contributed by atoms with Gasteiger partial charge in [-0.3, -0.25) is 4.79 Å². The molecule has 210 valence electrons. The predicted molar refractivity (Wildman–Crippen MR) is 148 cm³/mol. The maximum Gasteiger partial charge on any atom is 0.348 e. The molecule has 1 saturated carbocycles. The zero-order valence-electron chi connectivity index (χ0n) is 22.6. The topological polar surface area (TPSA) is 141 Å². The third-order valence-corrected chi connectivity index (χ3v) is 9.96. The number of aromatic carboxylic acids is 1. The normalized spacial score (nSPS) is 22.2. The Balaban J connectivity index is 1.72. The Hall–Kier alpha value is -3.01. The first-order valence-corrected chi connectivity index (χ1v) is 15.3. The maximum absolute atomic E-state index is 14.0. The highest BCUT2D eigenvalue weighted by Gasteiger charge is 2.41. The van der Waals surface area contributed by atoms with Crippen molar-refractivity contribution in [3.63, 3.8) is 0 Å². The van der Waals surface area contributed by atoms with Crippen LogP contribution in [0.25, 0.3) is 0 Å². The number of aromatic amines is 1. The van der Waals surface area contributed by atoms with Gasteiger partial charge in [-0.2, -0.15) is 4.31 Å². The Labute approximate surface area is 232 Å². The molecule has 0 bridgehead atoms. The molecule has 1 amide bonds. The van der Waals surface area contributed by atoms with Crippen LogP contribution in [0.2, 0.25) is 0 Å². The molecule has 2 N–H and O–H groups in total. The first-order chi connectivity index (χ1) is 18.3. The van der Waals surface area contributed by atoms with Crippen molar-refractivity contribution >= 4 is 38.9 Å². The number of carbonyl (C=O) groups excluding carboxylic acids is 1. The second kappa shape index (κ2) is 11.2. The third-order valence-electron chi connectivity index (χ3n) is 7.11. The average Bonchev–Trinajstić information content (AvgIpc) is 3.52. The van der Waals surface area contributed by atoms with Crippen molar-refractivity contribution in [2.75, 3.05) is 18.0 Å². The summed E-state index contributed by atoms with van der Waals surface area (Å²) >= 11 is 1.02. The van der Waals surface area contributed by atoms with Crippen LogP contribution in [-0.4, -0.2) is 58.8 Å². The minimum absolute atomic E-state index is 0.00572. The van der Waals surface area contributed by atoms with Gasteiger partial charge in [0.05, 0.1) is 22.8 Å². The summed E-state index contributed by atoms with van der Waals surface area (Å²) in [7, 11) is -3.98. The number of carboxylic acids is 1. The summed E-state index contributed by atoms with van der Waals surface area (Å²) in [6.07, 6.45) is 5.68. The number of thiophene rings is 1. The Morgan fingerprint density at radius 3 is 2.49 bits per heavy atom. The van der Waals surface area contributed by atoms with Gasteiger partial charge in [-0.25, -0.2) is 23.0 Å². The monoisotopic (exact) mass is 574 g/mol. The van der Waals surface area contributed by atoms with Crippen molar-refractivity contribution < 1.29 is 23.1 Å². The van der Waals surface area contributed by atoms with E-state index in [0.717, 1.165) is 36.6 Å². The third kappa shape index (κ3) is 6.59. The largest absolute Gasteiger partial charge is 0.477 e. The number of nitrogens with one attached hydrogen (secondary N) is 1. The van der Waals surface area contributed by atoms with E-state index in [4.69, 9.17) is 0 Å². The predicted octanol–water partition coefficient (Wildman–Crippen LogP) is 3.55. The number of hydrogen-bond acceptors (Lipinski definition) is 7. The van der Waals surface area contributed by atoms with Crippen LogP contribution in [0, 0.1) is 29.1 Å². The van der Waals surface area contributed by atoms with Gasteiger partial charge >= 0.3 is 11.7 Å². The van der Waals surface area contributed by atoms with E-state index in [9.17, 15) is 27.9 Å². The summed E-state index contributed by atoms with van der Waals surface area (Å²) < 4.78 is 27.8. The van der Waals surface area contributed by atoms with Gasteiger partial charge in [-0.1, -0.05) is 18.8 Å². The van der Waals surface area contributed by atoms with E-state index in [1.54, 1.807) is 6.07 Å². The maximum atomic E-state index is 14.0. The van der Waals surface area contributed by atoms with Gasteiger partial charge in [0.2, 0.25) is 15.9 Å². The molecule has 1 aliphatic heterocycles. The lowest BCUT2D eigenvalue weighted by Gasteiger charge is -2.34. The Morgan fingerprint density at radius 2 is 1.90 bits per heavy atom. The number of rotatable bonds is 6. The standard InChI is InChI=1S/C27H34N4O6S2/c1-17-5-7-18(8-6-17)24(32)31(22-13-20(9-11-27(2,3)4)38-23(22)25(33)34)19-10-12-30(16-19)39(36,37)21-14-28-26(35)29-15-21/h13-15,17-19H,5-8,10,12,16H2,1-4H3,(H,33,34)(H,28,29,35)/t17?,18?,19-/m0/s1. The fourth-order valence-corrected chi connectivity index (χ4v) is 7.23. The van der Waals surface area contributed by atoms with Gasteiger partial charge in [0.15, 0.2) is 0 Å². The van der Waals surface area contributed by atoms with E-state index >= 15 is 0 Å². The zero-order valence-corrected chi connectivity index (χ0v) is 24.2. The summed E-state index contributed by atoms with van der Waals surface area (Å²) in [5.74, 6) is 5.10. The number of aromatic nitrogens is 2. The smallest absolute Gasteiger partial charge is 0.348 e. The van der Waals surface area contributed by atoms with E-state index in [0.29, 0.717) is 30.1 Å². The second-order valence-electron chi connectivity index (χ2n) is 11.4. The Kier molecular flexibility index (Phi) is 8.35. The van der Waals surface area contributed by atoms with Gasteiger partial charge in [0.1, 0.15) is 9.77 Å². The molecular weight excluding hydrogens is 540 g/mol. The number of amides is 1. The van der Waals surface area contributed by atoms with Crippen molar-refractivity contribution in [1.82, 2.24) is 14.3 Å². The first-order valence-electron chi connectivity index (χ1n) is 13.0. The van der Waals surface area contributed by atoms with Gasteiger partial charge in [0, 0.05) is 30.6 Å². The molecule has 0 unspecified atom stereocenters. The molecule has 0 radical (unpaired) electrons. The fraction of sp³-hybridized carbons (Fsp3) is 0.556. The molecule has 0 spiro atoms. The molecule has 39 heavy (non-hydrogen) atoms. The number of anilines is 1. The molecule has 1 saturated heterocycles. The van der Waals surface area contributed by atoms with E-state index in [-0.39, 0.29) is 45.8 Å². The van der Waals surface area contributed by atoms with Crippen LogP contribution in [0.4, 0.5) is 5.69 Å². The molecule has 1 atom stereocenters. The van der Waals surface area contributed by atoms with E-state index in [2.05, 4.69) is 28.7 Å². The molecule has 2 fully saturated rings. The highest BCUT2D eigenvalue weighted by atomic mass is 32.2. The lowest BCUT2D eigenvalue weighted by Crippen LogP contribution is -2.46.